The maximum Gasteiger partial charge on any atom is 0.419 e. The molecule has 0 fully saturated rings. The molecule has 0 atom stereocenters. The molecule has 10 nitrogen and oxygen atoms in total. The van der Waals surface area contributed by atoms with Crippen LogP contribution in [0.3, 0.4) is 0 Å². The molecule has 0 radical (unpaired) electrons. The van der Waals surface area contributed by atoms with Crippen LogP contribution in [0, 0.1) is 0 Å². The highest BCUT2D eigenvalue weighted by molar-refractivity contribution is 6.06. The molecule has 1 aromatic carbocycles. The van der Waals surface area contributed by atoms with Crippen molar-refractivity contribution < 1.29 is 38.1 Å². The highest BCUT2D eigenvalue weighted by atomic mass is 16.6. The fourth-order valence-corrected chi connectivity index (χ4v) is 3.46. The number of ether oxygens (including phenoxy) is 4. The summed E-state index contributed by atoms with van der Waals surface area (Å²) in [6.07, 6.45) is 5.41. The third kappa shape index (κ3) is 5.11. The van der Waals surface area contributed by atoms with E-state index in [9.17, 15) is 19.2 Å². The van der Waals surface area contributed by atoms with E-state index in [-0.39, 0.29) is 17.0 Å². The zero-order valence-electron chi connectivity index (χ0n) is 20.3. The number of fused-ring (bicyclic) bond motifs is 1. The van der Waals surface area contributed by atoms with E-state index in [1.165, 1.54) is 38.4 Å². The molecule has 0 amide bonds. The van der Waals surface area contributed by atoms with Crippen LogP contribution in [0.5, 0.6) is 0 Å². The van der Waals surface area contributed by atoms with E-state index in [0.29, 0.717) is 16.6 Å². The first-order valence-corrected chi connectivity index (χ1v) is 10.5. The number of carbonyl (C=O) groups excluding carboxylic acids is 4. The zero-order chi connectivity index (χ0) is 25.9. The maximum absolute atomic E-state index is 13.1. The summed E-state index contributed by atoms with van der Waals surface area (Å²) in [6.45, 7) is 5.11. The summed E-state index contributed by atoms with van der Waals surface area (Å²) >= 11 is 0. The van der Waals surface area contributed by atoms with E-state index in [1.807, 2.05) is 0 Å². The SMILES string of the molecule is COC(=O)C1=C(C(=O)OC)N(c2ccc3cc(C(=O)OC)n(C(=O)OC(C)(C)C)c3c2)C=CC=C1. The molecular weight excluding hydrogens is 456 g/mol. The van der Waals surface area contributed by atoms with Gasteiger partial charge in [0.15, 0.2) is 0 Å². The quantitative estimate of drug-likeness (QED) is 0.475. The van der Waals surface area contributed by atoms with Crippen LogP contribution in [0.2, 0.25) is 0 Å². The Balaban J connectivity index is 2.27. The molecule has 184 valence electrons. The summed E-state index contributed by atoms with van der Waals surface area (Å²) in [4.78, 5) is 52.1. The van der Waals surface area contributed by atoms with Crippen molar-refractivity contribution in [2.75, 3.05) is 26.2 Å². The normalized spacial score (nSPS) is 13.5. The number of rotatable bonds is 4. The van der Waals surface area contributed by atoms with Gasteiger partial charge in [-0.25, -0.2) is 23.7 Å². The van der Waals surface area contributed by atoms with Crippen molar-refractivity contribution in [1.29, 1.82) is 0 Å². The van der Waals surface area contributed by atoms with Gasteiger partial charge in [0.2, 0.25) is 0 Å². The molecule has 1 aliphatic heterocycles. The Bertz CT molecular complexity index is 1290. The maximum atomic E-state index is 13.1. The summed E-state index contributed by atoms with van der Waals surface area (Å²) in [6, 6.07) is 6.41. The van der Waals surface area contributed by atoms with Crippen molar-refractivity contribution in [3.05, 3.63) is 65.7 Å². The lowest BCUT2D eigenvalue weighted by molar-refractivity contribution is -0.139. The van der Waals surface area contributed by atoms with Gasteiger partial charge in [-0.05, 0) is 51.1 Å². The van der Waals surface area contributed by atoms with Crippen molar-refractivity contribution >= 4 is 40.6 Å². The number of allylic oxidation sites excluding steroid dienone is 2. The van der Waals surface area contributed by atoms with Gasteiger partial charge in [-0.1, -0.05) is 12.1 Å². The average Bonchev–Trinajstić information content (AvgIpc) is 3.06. The molecule has 1 aromatic heterocycles. The van der Waals surface area contributed by atoms with Crippen LogP contribution in [-0.2, 0) is 28.5 Å². The lowest BCUT2D eigenvalue weighted by Crippen LogP contribution is -2.29. The lowest BCUT2D eigenvalue weighted by atomic mass is 10.1. The van der Waals surface area contributed by atoms with Gasteiger partial charge in [0.25, 0.3) is 0 Å². The molecule has 2 heterocycles. The molecule has 0 spiro atoms. The molecule has 0 N–H and O–H groups in total. The van der Waals surface area contributed by atoms with Crippen molar-refractivity contribution in [2.45, 2.75) is 26.4 Å². The summed E-state index contributed by atoms with van der Waals surface area (Å²) in [5, 5.41) is 0.550. The minimum Gasteiger partial charge on any atom is -0.465 e. The molecule has 35 heavy (non-hydrogen) atoms. The molecule has 0 saturated carbocycles. The number of aromatic nitrogens is 1. The van der Waals surface area contributed by atoms with E-state index < -0.39 is 29.6 Å². The van der Waals surface area contributed by atoms with E-state index in [1.54, 1.807) is 57.3 Å². The molecule has 0 aliphatic carbocycles. The van der Waals surface area contributed by atoms with Crippen molar-refractivity contribution in [3.63, 3.8) is 0 Å². The third-order valence-corrected chi connectivity index (χ3v) is 4.93. The second kappa shape index (κ2) is 9.88. The van der Waals surface area contributed by atoms with Crippen LogP contribution < -0.4 is 4.90 Å². The summed E-state index contributed by atoms with van der Waals surface area (Å²) in [7, 11) is 3.61. The van der Waals surface area contributed by atoms with Gasteiger partial charge < -0.3 is 23.8 Å². The first-order chi connectivity index (χ1) is 16.5. The number of hydrogen-bond donors (Lipinski definition) is 0. The fourth-order valence-electron chi connectivity index (χ4n) is 3.46. The van der Waals surface area contributed by atoms with E-state index in [0.717, 1.165) is 4.57 Å². The van der Waals surface area contributed by atoms with Crippen molar-refractivity contribution in [2.24, 2.45) is 0 Å². The average molecular weight is 482 g/mol. The largest absolute Gasteiger partial charge is 0.465 e. The highest BCUT2D eigenvalue weighted by Gasteiger charge is 2.29. The second-order valence-electron chi connectivity index (χ2n) is 8.40. The van der Waals surface area contributed by atoms with Crippen LogP contribution in [0.4, 0.5) is 10.5 Å². The Kier molecular flexibility index (Phi) is 7.14. The van der Waals surface area contributed by atoms with Gasteiger partial charge in [-0.15, -0.1) is 0 Å². The van der Waals surface area contributed by atoms with Crippen LogP contribution >= 0.6 is 0 Å². The van der Waals surface area contributed by atoms with E-state index in [2.05, 4.69) is 0 Å². The summed E-state index contributed by atoms with van der Waals surface area (Å²) < 4.78 is 21.2. The number of carbonyl (C=O) groups is 4. The second-order valence-corrected chi connectivity index (χ2v) is 8.40. The van der Waals surface area contributed by atoms with Crippen LogP contribution in [-0.4, -0.2) is 55.5 Å². The monoisotopic (exact) mass is 482 g/mol. The number of esters is 3. The van der Waals surface area contributed by atoms with Gasteiger partial charge in [-0.3, -0.25) is 0 Å². The van der Waals surface area contributed by atoms with Gasteiger partial charge in [0.05, 0.1) is 32.4 Å². The number of anilines is 1. The number of benzene rings is 1. The van der Waals surface area contributed by atoms with Crippen molar-refractivity contribution in [3.8, 4) is 0 Å². The molecule has 0 saturated heterocycles. The Hall–Kier alpha value is -4.34. The Morgan fingerprint density at radius 1 is 0.829 bits per heavy atom. The highest BCUT2D eigenvalue weighted by Crippen LogP contribution is 2.31. The fraction of sp³-hybridized carbons (Fsp3) is 0.280. The van der Waals surface area contributed by atoms with Gasteiger partial charge in [0.1, 0.15) is 17.0 Å². The van der Waals surface area contributed by atoms with E-state index >= 15 is 0 Å². The standard InChI is InChI=1S/C25H26N2O8/c1-25(2,3)35-24(31)27-18-14-16(11-10-15(18)13-19(27)22(29)33-5)26-12-8-7-9-17(21(28)32-4)20(26)23(30)34-6/h7-14H,1-6H3. The van der Waals surface area contributed by atoms with E-state index in [4.69, 9.17) is 18.9 Å². The molecule has 1 aliphatic rings. The molecule has 2 aromatic rings. The minimum atomic E-state index is -0.825. The smallest absolute Gasteiger partial charge is 0.419 e. The predicted octanol–water partition coefficient (Wildman–Crippen LogP) is 3.70. The number of hydrogen-bond acceptors (Lipinski definition) is 9. The zero-order valence-corrected chi connectivity index (χ0v) is 20.3. The molecule has 0 unspecified atom stereocenters. The molecular formula is C25H26N2O8. The Morgan fingerprint density at radius 2 is 1.49 bits per heavy atom. The third-order valence-electron chi connectivity index (χ3n) is 4.93. The van der Waals surface area contributed by atoms with Crippen LogP contribution in [0.25, 0.3) is 10.9 Å². The molecule has 3 rings (SSSR count). The molecule has 0 bridgehead atoms. The summed E-state index contributed by atoms with van der Waals surface area (Å²) in [5.74, 6) is -2.24. The van der Waals surface area contributed by atoms with Gasteiger partial charge in [0, 0.05) is 17.3 Å². The van der Waals surface area contributed by atoms with Gasteiger partial charge >= 0.3 is 24.0 Å². The number of methoxy groups -OCH3 is 3. The first kappa shape index (κ1) is 25.3. The Labute approximate surface area is 202 Å². The first-order valence-electron chi connectivity index (χ1n) is 10.5. The number of nitrogens with zero attached hydrogens (tertiary/aromatic N) is 2. The van der Waals surface area contributed by atoms with Crippen molar-refractivity contribution in [1.82, 2.24) is 4.57 Å². The predicted molar refractivity (Wildman–Crippen MR) is 127 cm³/mol. The topological polar surface area (TPSA) is 113 Å². The van der Waals surface area contributed by atoms with Crippen LogP contribution in [0.1, 0.15) is 31.3 Å². The van der Waals surface area contributed by atoms with Crippen LogP contribution in [0.15, 0.2) is 60.0 Å². The molecule has 10 heteroatoms. The summed E-state index contributed by atoms with van der Waals surface area (Å²) in [5.41, 5.74) is -0.241. The minimum absolute atomic E-state index is 0.0257. The lowest BCUT2D eigenvalue weighted by Gasteiger charge is -2.24. The van der Waals surface area contributed by atoms with Gasteiger partial charge in [-0.2, -0.15) is 0 Å². The Morgan fingerprint density at radius 3 is 2.09 bits per heavy atom.